The maximum Gasteiger partial charge on any atom is 0.220 e. The fourth-order valence-corrected chi connectivity index (χ4v) is 12.4. The number of amides is 1. The van der Waals surface area contributed by atoms with Crippen LogP contribution in [0.3, 0.4) is 0 Å². The minimum Gasteiger partial charge on any atom is -0.394 e. The number of carbonyl (C=O) groups excluding carboxylic acids is 1. The third-order valence-corrected chi connectivity index (χ3v) is 18.3. The van der Waals surface area contributed by atoms with E-state index in [2.05, 4.69) is 43.5 Å². The van der Waals surface area contributed by atoms with Crippen LogP contribution in [0, 0.1) is 0 Å². The fourth-order valence-electron chi connectivity index (χ4n) is 12.4. The molecule has 0 aliphatic carbocycles. The van der Waals surface area contributed by atoms with Crippen LogP contribution >= 0.6 is 0 Å². The topological polar surface area (TPSA) is 228 Å². The Morgan fingerprint density at radius 1 is 0.398 bits per heavy atom. The molecule has 2 aliphatic heterocycles. The molecule has 2 fully saturated rings. The van der Waals surface area contributed by atoms with Crippen molar-refractivity contribution in [2.75, 3.05) is 19.8 Å². The Morgan fingerprint density at radius 3 is 1.11 bits per heavy atom. The van der Waals surface area contributed by atoms with Crippen molar-refractivity contribution in [1.82, 2.24) is 5.32 Å². The van der Waals surface area contributed by atoms with Gasteiger partial charge < -0.3 is 65.1 Å². The van der Waals surface area contributed by atoms with Gasteiger partial charge in [0.05, 0.1) is 32.0 Å². The number of aliphatic hydroxyl groups is 8. The van der Waals surface area contributed by atoms with E-state index >= 15 is 0 Å². The van der Waals surface area contributed by atoms with Gasteiger partial charge in [-0.1, -0.05) is 307 Å². The van der Waals surface area contributed by atoms with Crippen LogP contribution < -0.4 is 5.32 Å². The molecule has 0 radical (unpaired) electrons. The van der Waals surface area contributed by atoms with Crippen molar-refractivity contribution in [2.24, 2.45) is 0 Å². The van der Waals surface area contributed by atoms with Crippen molar-refractivity contribution >= 4 is 5.91 Å². The normalized spacial score (nSPS) is 23.3. The molecule has 0 saturated carbocycles. The lowest BCUT2D eigenvalue weighted by molar-refractivity contribution is -0.359. The summed E-state index contributed by atoms with van der Waals surface area (Å²) in [7, 11) is 0. The van der Waals surface area contributed by atoms with E-state index in [1.54, 1.807) is 6.08 Å². The van der Waals surface area contributed by atoms with E-state index in [-0.39, 0.29) is 18.9 Å². The third kappa shape index (κ3) is 42.4. The predicted octanol–water partition coefficient (Wildman–Crippen LogP) is 15.7. The van der Waals surface area contributed by atoms with Gasteiger partial charge >= 0.3 is 0 Å². The van der Waals surface area contributed by atoms with Crippen molar-refractivity contribution in [3.05, 3.63) is 36.5 Å². The van der Waals surface area contributed by atoms with Gasteiger partial charge in [-0.25, -0.2) is 0 Å². The smallest absolute Gasteiger partial charge is 0.220 e. The van der Waals surface area contributed by atoms with Crippen LogP contribution in [0.4, 0.5) is 0 Å². The molecular weight excluding hydrogens is 1110 g/mol. The molecule has 0 aromatic heterocycles. The molecule has 88 heavy (non-hydrogen) atoms. The molecule has 12 atom stereocenters. The number of allylic oxidation sites excluding steroid dienone is 5. The molecule has 1 amide bonds. The largest absolute Gasteiger partial charge is 0.394 e. The number of ether oxygens (including phenoxy) is 4. The summed E-state index contributed by atoms with van der Waals surface area (Å²) in [4.78, 5) is 13.3. The van der Waals surface area contributed by atoms with Crippen molar-refractivity contribution in [3.8, 4) is 0 Å². The van der Waals surface area contributed by atoms with E-state index in [0.717, 1.165) is 32.1 Å². The highest BCUT2D eigenvalue weighted by atomic mass is 16.7. The molecule has 518 valence electrons. The van der Waals surface area contributed by atoms with Gasteiger partial charge in [-0.15, -0.1) is 0 Å². The van der Waals surface area contributed by atoms with Crippen LogP contribution in [0.5, 0.6) is 0 Å². The standard InChI is InChI=1S/C74H139NO13/c1-3-5-7-9-11-13-15-17-19-21-23-25-27-28-29-30-31-32-33-34-36-37-39-41-43-45-47-49-51-53-55-57-63(78)62(61-85-73-71(84)69(82)72(65(60-77)87-73)88-74-70(83)68(81)67(80)64(59-76)86-74)75-66(79)58-56-54-52-50-48-46-44-42-40-38-35-26-24-22-20-18-16-14-12-10-8-6-4-2/h22,24,47,49,55,57,62-65,67-74,76-78,80-84H,3-21,23,25-46,48,50-54,56,58-61H2,1-2H3,(H,75,79)/b24-22-,49-47+,57-55+. The van der Waals surface area contributed by atoms with Crippen molar-refractivity contribution < 1.29 is 64.6 Å². The molecule has 12 unspecified atom stereocenters. The van der Waals surface area contributed by atoms with Gasteiger partial charge in [-0.2, -0.15) is 0 Å². The summed E-state index contributed by atoms with van der Waals surface area (Å²) in [5.41, 5.74) is 0. The zero-order valence-electron chi connectivity index (χ0n) is 56.5. The minimum atomic E-state index is -1.79. The molecular formula is C74H139NO13. The van der Waals surface area contributed by atoms with E-state index in [0.29, 0.717) is 12.8 Å². The second-order valence-electron chi connectivity index (χ2n) is 26.4. The van der Waals surface area contributed by atoms with E-state index < -0.39 is 86.8 Å². The summed E-state index contributed by atoms with van der Waals surface area (Å²) >= 11 is 0. The number of hydrogen-bond acceptors (Lipinski definition) is 13. The van der Waals surface area contributed by atoms with Gasteiger partial charge in [0.2, 0.25) is 5.91 Å². The first-order chi connectivity index (χ1) is 43.1. The van der Waals surface area contributed by atoms with E-state index in [4.69, 9.17) is 18.9 Å². The van der Waals surface area contributed by atoms with Crippen molar-refractivity contribution in [2.45, 2.75) is 408 Å². The Kier molecular flexibility index (Phi) is 55.2. The first-order valence-electron chi connectivity index (χ1n) is 37.2. The van der Waals surface area contributed by atoms with E-state index in [1.165, 1.54) is 270 Å². The number of nitrogens with one attached hydrogen (secondary N) is 1. The molecule has 2 heterocycles. The van der Waals surface area contributed by atoms with Crippen molar-refractivity contribution in [3.63, 3.8) is 0 Å². The first kappa shape index (κ1) is 82.3. The lowest BCUT2D eigenvalue weighted by Gasteiger charge is -2.46. The summed E-state index contributed by atoms with van der Waals surface area (Å²) < 4.78 is 22.9. The predicted molar refractivity (Wildman–Crippen MR) is 360 cm³/mol. The molecule has 0 spiro atoms. The minimum absolute atomic E-state index is 0.245. The molecule has 0 aromatic rings. The zero-order chi connectivity index (χ0) is 63.8. The van der Waals surface area contributed by atoms with Crippen LogP contribution in [0.25, 0.3) is 0 Å². The Bertz CT molecular complexity index is 1620. The van der Waals surface area contributed by atoms with Crippen LogP contribution in [0.2, 0.25) is 0 Å². The highest BCUT2D eigenvalue weighted by molar-refractivity contribution is 5.76. The Morgan fingerprint density at radius 2 is 0.727 bits per heavy atom. The number of rotatable bonds is 62. The van der Waals surface area contributed by atoms with Gasteiger partial charge in [0.15, 0.2) is 12.6 Å². The van der Waals surface area contributed by atoms with Gasteiger partial charge in [-0.05, 0) is 57.8 Å². The number of unbranched alkanes of at least 4 members (excludes halogenated alkanes) is 45. The fraction of sp³-hybridized carbons (Fsp3) is 0.905. The Balaban J connectivity index is 1.67. The number of hydrogen-bond donors (Lipinski definition) is 9. The lowest BCUT2D eigenvalue weighted by Crippen LogP contribution is -2.65. The van der Waals surface area contributed by atoms with Gasteiger partial charge in [0.25, 0.3) is 0 Å². The summed E-state index contributed by atoms with van der Waals surface area (Å²) in [6, 6.07) is -0.933. The number of carbonyl (C=O) groups is 1. The second kappa shape index (κ2) is 59.0. The van der Waals surface area contributed by atoms with Gasteiger partial charge in [-0.3, -0.25) is 4.79 Å². The zero-order valence-corrected chi connectivity index (χ0v) is 56.5. The first-order valence-corrected chi connectivity index (χ1v) is 37.2. The average molecular weight is 1250 g/mol. The SMILES string of the molecule is CCCCCCCCCC/C=C\CCCCCCCCCCCCCC(=O)NC(COC1OC(CO)C(OC2OC(CO)C(O)C(O)C2O)C(O)C1O)C(O)/C=C/CC/C=C/CCCCCCCCCCCCCCCCCCCCCCCCCCC. The van der Waals surface area contributed by atoms with Crippen molar-refractivity contribution in [1.29, 1.82) is 0 Å². The molecule has 0 bridgehead atoms. The monoisotopic (exact) mass is 1250 g/mol. The third-order valence-electron chi connectivity index (χ3n) is 18.3. The van der Waals surface area contributed by atoms with Crippen LogP contribution in [0.15, 0.2) is 36.5 Å². The van der Waals surface area contributed by atoms with Gasteiger partial charge in [0.1, 0.15) is 48.8 Å². The van der Waals surface area contributed by atoms with E-state index in [9.17, 15) is 45.6 Å². The number of aliphatic hydroxyl groups excluding tert-OH is 8. The molecule has 9 N–H and O–H groups in total. The maximum atomic E-state index is 13.3. The van der Waals surface area contributed by atoms with Crippen LogP contribution in [0.1, 0.15) is 335 Å². The summed E-state index contributed by atoms with van der Waals surface area (Å²) in [5, 5.41) is 87.5. The van der Waals surface area contributed by atoms with Crippen LogP contribution in [-0.4, -0.2) is 140 Å². The molecule has 0 aromatic carbocycles. The second-order valence-corrected chi connectivity index (χ2v) is 26.4. The molecule has 2 aliphatic rings. The quantitative estimate of drug-likeness (QED) is 0.0204. The Labute approximate surface area is 538 Å². The molecule has 2 rings (SSSR count). The average Bonchev–Trinajstić information content (AvgIpc) is 1.78. The highest BCUT2D eigenvalue weighted by Gasteiger charge is 2.51. The van der Waals surface area contributed by atoms with Crippen LogP contribution in [-0.2, 0) is 23.7 Å². The lowest BCUT2D eigenvalue weighted by atomic mass is 9.97. The summed E-state index contributed by atoms with van der Waals surface area (Å²) in [6.45, 7) is 2.83. The molecule has 2 saturated heterocycles. The summed E-state index contributed by atoms with van der Waals surface area (Å²) in [5.74, 6) is -0.245. The highest BCUT2D eigenvalue weighted by Crippen LogP contribution is 2.30. The summed E-state index contributed by atoms with van der Waals surface area (Å²) in [6.07, 6.45) is 59.3. The van der Waals surface area contributed by atoms with Gasteiger partial charge in [0, 0.05) is 6.42 Å². The maximum absolute atomic E-state index is 13.3. The molecule has 14 heteroatoms. The molecule has 14 nitrogen and oxygen atoms in total. The van der Waals surface area contributed by atoms with E-state index in [1.807, 2.05) is 6.08 Å². The Hall–Kier alpha value is -1.79.